The number of H-pyrrole nitrogens is 2. The van der Waals surface area contributed by atoms with Gasteiger partial charge in [-0.15, -0.1) is 0 Å². The number of halogens is 4. The number of alkyl halides is 3. The standard InChI is InChI=1S/C27H17BrF3N5O/c28-15-6-8-20-17(10-15)19(12-32-20)24-11-18(16-9-14(27(29,30)31)5-7-21(16)34-24)26(37)33-13-25-35-22-3-1-2-4-23(22)36-25/h1-12,32H,13H2,(H,33,37)(H,35,36). The third-order valence-electron chi connectivity index (χ3n) is 6.16. The van der Waals surface area contributed by atoms with Gasteiger partial charge in [-0.05, 0) is 54.6 Å². The molecule has 1 amide bonds. The fourth-order valence-electron chi connectivity index (χ4n) is 4.38. The molecule has 0 saturated heterocycles. The lowest BCUT2D eigenvalue weighted by Crippen LogP contribution is -2.24. The molecular formula is C27H17BrF3N5O. The Morgan fingerprint density at radius 2 is 1.76 bits per heavy atom. The average molecular weight is 564 g/mol. The molecule has 0 radical (unpaired) electrons. The first kappa shape index (κ1) is 23.2. The number of carbonyl (C=O) groups excluding carboxylic acids is 1. The van der Waals surface area contributed by atoms with Gasteiger partial charge >= 0.3 is 6.18 Å². The van der Waals surface area contributed by atoms with Gasteiger partial charge in [-0.2, -0.15) is 13.2 Å². The van der Waals surface area contributed by atoms with E-state index in [0.29, 0.717) is 11.5 Å². The third-order valence-corrected chi connectivity index (χ3v) is 6.65. The summed E-state index contributed by atoms with van der Waals surface area (Å²) in [4.78, 5) is 28.7. The van der Waals surface area contributed by atoms with E-state index in [1.54, 1.807) is 6.20 Å². The van der Waals surface area contributed by atoms with E-state index < -0.39 is 17.6 Å². The Hall–Kier alpha value is -4.18. The van der Waals surface area contributed by atoms with Crippen molar-refractivity contribution in [3.63, 3.8) is 0 Å². The van der Waals surface area contributed by atoms with E-state index in [9.17, 15) is 18.0 Å². The number of para-hydroxylation sites is 2. The molecule has 0 atom stereocenters. The molecule has 0 bridgehead atoms. The summed E-state index contributed by atoms with van der Waals surface area (Å²) in [5, 5.41) is 3.76. The lowest BCUT2D eigenvalue weighted by Gasteiger charge is -2.13. The first-order valence-corrected chi connectivity index (χ1v) is 12.1. The fourth-order valence-corrected chi connectivity index (χ4v) is 4.74. The number of rotatable bonds is 4. The second-order valence-corrected chi connectivity index (χ2v) is 9.48. The second kappa shape index (κ2) is 8.74. The number of benzene rings is 3. The lowest BCUT2D eigenvalue weighted by molar-refractivity contribution is -0.137. The van der Waals surface area contributed by atoms with Crippen LogP contribution in [0.4, 0.5) is 13.2 Å². The first-order valence-electron chi connectivity index (χ1n) is 11.3. The molecule has 0 unspecified atom stereocenters. The maximum Gasteiger partial charge on any atom is 0.416 e. The zero-order valence-electron chi connectivity index (χ0n) is 18.9. The Morgan fingerprint density at radius 1 is 0.919 bits per heavy atom. The van der Waals surface area contributed by atoms with Gasteiger partial charge in [-0.25, -0.2) is 9.97 Å². The third kappa shape index (κ3) is 4.33. The van der Waals surface area contributed by atoms with Crippen molar-refractivity contribution in [1.82, 2.24) is 25.3 Å². The van der Waals surface area contributed by atoms with E-state index >= 15 is 0 Å². The number of aromatic nitrogens is 4. The molecule has 6 rings (SSSR count). The maximum absolute atomic E-state index is 13.5. The Morgan fingerprint density at radius 3 is 2.57 bits per heavy atom. The SMILES string of the molecule is O=C(NCc1nc2ccccc2[nH]1)c1cc(-c2c[nH]c3ccc(Br)cc23)nc2ccc(C(F)(F)F)cc12. The Labute approximate surface area is 216 Å². The Kier molecular flexibility index (Phi) is 5.49. The second-order valence-electron chi connectivity index (χ2n) is 8.56. The van der Waals surface area contributed by atoms with Crippen molar-refractivity contribution in [3.8, 4) is 11.3 Å². The van der Waals surface area contributed by atoms with Crippen LogP contribution >= 0.6 is 15.9 Å². The highest BCUT2D eigenvalue weighted by Gasteiger charge is 2.31. The summed E-state index contributed by atoms with van der Waals surface area (Å²) >= 11 is 3.47. The molecule has 6 aromatic rings. The van der Waals surface area contributed by atoms with Gasteiger partial charge in [0.2, 0.25) is 0 Å². The van der Waals surface area contributed by atoms with Crippen molar-refractivity contribution in [1.29, 1.82) is 0 Å². The normalized spacial score (nSPS) is 12.0. The van der Waals surface area contributed by atoms with Crippen molar-refractivity contribution in [3.05, 3.63) is 94.4 Å². The van der Waals surface area contributed by atoms with Crippen LogP contribution in [0.5, 0.6) is 0 Å². The van der Waals surface area contributed by atoms with Crippen LogP contribution in [0.2, 0.25) is 0 Å². The summed E-state index contributed by atoms with van der Waals surface area (Å²) in [6, 6.07) is 17.9. The van der Waals surface area contributed by atoms with Crippen LogP contribution in [-0.4, -0.2) is 25.8 Å². The minimum Gasteiger partial charge on any atom is -0.360 e. The zero-order chi connectivity index (χ0) is 25.7. The summed E-state index contributed by atoms with van der Waals surface area (Å²) in [5.41, 5.74) is 3.15. The summed E-state index contributed by atoms with van der Waals surface area (Å²) in [6.07, 6.45) is -2.79. The number of pyridine rings is 1. The van der Waals surface area contributed by atoms with Gasteiger partial charge in [0, 0.05) is 32.5 Å². The molecular weight excluding hydrogens is 547 g/mol. The number of carbonyl (C=O) groups is 1. The van der Waals surface area contributed by atoms with Gasteiger partial charge in [-0.3, -0.25) is 4.79 Å². The molecule has 3 aromatic carbocycles. The highest BCUT2D eigenvalue weighted by Crippen LogP contribution is 2.35. The van der Waals surface area contributed by atoms with Gasteiger partial charge in [0.25, 0.3) is 5.91 Å². The van der Waals surface area contributed by atoms with Crippen molar-refractivity contribution >= 4 is 54.7 Å². The Bertz CT molecular complexity index is 1790. The van der Waals surface area contributed by atoms with Crippen LogP contribution in [0, 0.1) is 0 Å². The van der Waals surface area contributed by atoms with Crippen molar-refractivity contribution < 1.29 is 18.0 Å². The van der Waals surface area contributed by atoms with Gasteiger partial charge < -0.3 is 15.3 Å². The maximum atomic E-state index is 13.5. The number of nitrogens with one attached hydrogen (secondary N) is 3. The minimum atomic E-state index is -4.56. The number of amides is 1. The van der Waals surface area contributed by atoms with Crippen LogP contribution in [0.15, 0.2) is 77.4 Å². The number of nitrogens with zero attached hydrogens (tertiary/aromatic N) is 2. The van der Waals surface area contributed by atoms with Crippen molar-refractivity contribution in [2.75, 3.05) is 0 Å². The van der Waals surface area contributed by atoms with E-state index in [-0.39, 0.29) is 23.0 Å². The van der Waals surface area contributed by atoms with E-state index in [1.165, 1.54) is 12.1 Å². The molecule has 37 heavy (non-hydrogen) atoms. The monoisotopic (exact) mass is 563 g/mol. The van der Waals surface area contributed by atoms with Crippen molar-refractivity contribution in [2.24, 2.45) is 0 Å². The van der Waals surface area contributed by atoms with Crippen LogP contribution in [0.3, 0.4) is 0 Å². The van der Waals surface area contributed by atoms with Crippen LogP contribution in [0.1, 0.15) is 21.7 Å². The number of hydrogen-bond acceptors (Lipinski definition) is 3. The van der Waals surface area contributed by atoms with E-state index in [2.05, 4.69) is 41.2 Å². The smallest absolute Gasteiger partial charge is 0.360 e. The highest BCUT2D eigenvalue weighted by atomic mass is 79.9. The van der Waals surface area contributed by atoms with Crippen LogP contribution in [-0.2, 0) is 12.7 Å². The fraction of sp³-hybridized carbons (Fsp3) is 0.0741. The van der Waals surface area contributed by atoms with Gasteiger partial charge in [0.05, 0.1) is 39.9 Å². The molecule has 3 aromatic heterocycles. The number of hydrogen-bond donors (Lipinski definition) is 3. The summed E-state index contributed by atoms with van der Waals surface area (Å²) in [7, 11) is 0. The molecule has 0 aliphatic carbocycles. The minimum absolute atomic E-state index is 0.0751. The molecule has 0 aliphatic heterocycles. The van der Waals surface area contributed by atoms with Gasteiger partial charge in [0.1, 0.15) is 5.82 Å². The quantitative estimate of drug-likeness (QED) is 0.216. The molecule has 3 N–H and O–H groups in total. The molecule has 0 saturated carbocycles. The first-order chi connectivity index (χ1) is 17.8. The molecule has 6 nitrogen and oxygen atoms in total. The lowest BCUT2D eigenvalue weighted by atomic mass is 10.0. The zero-order valence-corrected chi connectivity index (χ0v) is 20.5. The largest absolute Gasteiger partial charge is 0.416 e. The molecule has 3 heterocycles. The molecule has 0 aliphatic rings. The summed E-state index contributed by atoms with van der Waals surface area (Å²) in [5.74, 6) is 0.0000435. The van der Waals surface area contributed by atoms with Gasteiger partial charge in [-0.1, -0.05) is 28.1 Å². The van der Waals surface area contributed by atoms with Crippen molar-refractivity contribution in [2.45, 2.75) is 12.7 Å². The summed E-state index contributed by atoms with van der Waals surface area (Å²) in [6.45, 7) is 0.0751. The van der Waals surface area contributed by atoms with Gasteiger partial charge in [0.15, 0.2) is 0 Å². The predicted octanol–water partition coefficient (Wildman–Crippen LogP) is 6.97. The molecule has 0 spiro atoms. The summed E-state index contributed by atoms with van der Waals surface area (Å²) < 4.78 is 41.3. The van der Waals surface area contributed by atoms with E-state index in [0.717, 1.165) is 44.1 Å². The molecule has 0 fully saturated rings. The van der Waals surface area contributed by atoms with E-state index in [1.807, 2.05) is 42.5 Å². The topological polar surface area (TPSA) is 86.5 Å². The molecule has 184 valence electrons. The van der Waals surface area contributed by atoms with E-state index in [4.69, 9.17) is 0 Å². The number of fused-ring (bicyclic) bond motifs is 3. The Balaban J connectivity index is 1.44. The highest BCUT2D eigenvalue weighted by molar-refractivity contribution is 9.10. The number of imidazole rings is 1. The average Bonchev–Trinajstić information content (AvgIpc) is 3.49. The number of aromatic amines is 2. The van der Waals surface area contributed by atoms with Crippen LogP contribution < -0.4 is 5.32 Å². The molecule has 10 heteroatoms. The predicted molar refractivity (Wildman–Crippen MR) is 139 cm³/mol. The van der Waals surface area contributed by atoms with Crippen LogP contribution in [0.25, 0.3) is 44.1 Å².